The van der Waals surface area contributed by atoms with Crippen LogP contribution in [0.4, 0.5) is 4.39 Å². The lowest BCUT2D eigenvalue weighted by Crippen LogP contribution is -2.55. The number of hydrogen-bond acceptors (Lipinski definition) is 2. The molecule has 2 unspecified atom stereocenters. The van der Waals surface area contributed by atoms with Crippen LogP contribution in [-0.2, 0) is 0 Å². The molecule has 3 heteroatoms. The molecule has 0 spiro atoms. The van der Waals surface area contributed by atoms with Crippen molar-refractivity contribution in [3.05, 3.63) is 0 Å². The maximum atomic E-state index is 13.5. The van der Waals surface area contributed by atoms with E-state index in [1.165, 1.54) is 0 Å². The van der Waals surface area contributed by atoms with E-state index >= 15 is 0 Å². The minimum atomic E-state index is -0.828. The molecular formula is C10H19FN2. The van der Waals surface area contributed by atoms with Gasteiger partial charge in [-0.25, -0.2) is 4.39 Å². The second kappa shape index (κ2) is 3.21. The number of halogens is 1. The van der Waals surface area contributed by atoms with Crippen molar-refractivity contribution in [2.24, 2.45) is 0 Å². The summed E-state index contributed by atoms with van der Waals surface area (Å²) in [6, 6.07) is 1.00. The third-order valence-corrected chi connectivity index (χ3v) is 3.17. The maximum absolute atomic E-state index is 13.5. The van der Waals surface area contributed by atoms with Crippen LogP contribution in [0.5, 0.6) is 0 Å². The Morgan fingerprint density at radius 3 is 2.77 bits per heavy atom. The molecule has 0 aromatic heterocycles. The Balaban J connectivity index is 1.88. The fraction of sp³-hybridized carbons (Fsp3) is 1.00. The number of hydrogen-bond donors (Lipinski definition) is 1. The molecule has 1 saturated carbocycles. The summed E-state index contributed by atoms with van der Waals surface area (Å²) in [6.45, 7) is 6.98. The van der Waals surface area contributed by atoms with Crippen LogP contribution in [0.3, 0.4) is 0 Å². The van der Waals surface area contributed by atoms with E-state index in [1.54, 1.807) is 0 Å². The van der Waals surface area contributed by atoms with Gasteiger partial charge < -0.3 is 5.32 Å². The molecule has 1 saturated heterocycles. The molecule has 0 aromatic carbocycles. The molecule has 2 nitrogen and oxygen atoms in total. The van der Waals surface area contributed by atoms with Crippen LogP contribution in [0.2, 0.25) is 0 Å². The molecule has 0 aromatic rings. The number of nitrogens with zero attached hydrogens (tertiary/aromatic N) is 1. The monoisotopic (exact) mass is 186 g/mol. The summed E-state index contributed by atoms with van der Waals surface area (Å²) < 4.78 is 13.5. The molecule has 0 radical (unpaired) electrons. The highest BCUT2D eigenvalue weighted by atomic mass is 19.1. The lowest BCUT2D eigenvalue weighted by Gasteiger charge is -2.38. The molecule has 2 rings (SSSR count). The summed E-state index contributed by atoms with van der Waals surface area (Å²) in [7, 11) is 0. The molecule has 1 N–H and O–H groups in total. The van der Waals surface area contributed by atoms with E-state index in [9.17, 15) is 4.39 Å². The Morgan fingerprint density at radius 1 is 1.46 bits per heavy atom. The largest absolute Gasteiger partial charge is 0.311 e. The standard InChI is InChI=1S/C10H19FN2/c1-8-6-13(9(2)5-12-8)7-10(11)3-4-10/h8-9,12H,3-7H2,1-2H3. The summed E-state index contributed by atoms with van der Waals surface area (Å²) >= 11 is 0. The van der Waals surface area contributed by atoms with Gasteiger partial charge in [-0.15, -0.1) is 0 Å². The van der Waals surface area contributed by atoms with Crippen molar-refractivity contribution >= 4 is 0 Å². The first-order valence-electron chi connectivity index (χ1n) is 5.25. The average Bonchev–Trinajstić information content (AvgIpc) is 2.76. The number of piperazine rings is 1. The van der Waals surface area contributed by atoms with Gasteiger partial charge in [0.25, 0.3) is 0 Å². The Kier molecular flexibility index (Phi) is 2.32. The maximum Gasteiger partial charge on any atom is 0.123 e. The van der Waals surface area contributed by atoms with Crippen LogP contribution in [0.1, 0.15) is 26.7 Å². The molecule has 2 aliphatic rings. The molecule has 13 heavy (non-hydrogen) atoms. The van der Waals surface area contributed by atoms with Crippen LogP contribution in [0.25, 0.3) is 0 Å². The number of nitrogens with one attached hydrogen (secondary N) is 1. The van der Waals surface area contributed by atoms with Gasteiger partial charge in [0, 0.05) is 31.7 Å². The number of rotatable bonds is 2. The van der Waals surface area contributed by atoms with E-state index in [1.807, 2.05) is 0 Å². The van der Waals surface area contributed by atoms with Crippen LogP contribution >= 0.6 is 0 Å². The highest BCUT2D eigenvalue weighted by Gasteiger charge is 2.45. The van der Waals surface area contributed by atoms with E-state index < -0.39 is 5.67 Å². The highest BCUT2D eigenvalue weighted by Crippen LogP contribution is 2.40. The van der Waals surface area contributed by atoms with Gasteiger partial charge in [0.15, 0.2) is 0 Å². The van der Waals surface area contributed by atoms with Crippen LogP contribution in [0.15, 0.2) is 0 Å². The quantitative estimate of drug-likeness (QED) is 0.696. The zero-order valence-corrected chi connectivity index (χ0v) is 8.52. The van der Waals surface area contributed by atoms with E-state index in [4.69, 9.17) is 0 Å². The third-order valence-electron chi connectivity index (χ3n) is 3.17. The van der Waals surface area contributed by atoms with Gasteiger partial charge in [-0.05, 0) is 26.7 Å². The lowest BCUT2D eigenvalue weighted by atomic mass is 10.1. The molecular weight excluding hydrogens is 167 g/mol. The van der Waals surface area contributed by atoms with E-state index in [0.29, 0.717) is 18.6 Å². The zero-order chi connectivity index (χ0) is 9.47. The van der Waals surface area contributed by atoms with Crippen molar-refractivity contribution in [2.75, 3.05) is 19.6 Å². The van der Waals surface area contributed by atoms with Crippen molar-refractivity contribution < 1.29 is 4.39 Å². The van der Waals surface area contributed by atoms with Crippen molar-refractivity contribution in [3.8, 4) is 0 Å². The lowest BCUT2D eigenvalue weighted by molar-refractivity contribution is 0.100. The minimum Gasteiger partial charge on any atom is -0.311 e. The fourth-order valence-corrected chi connectivity index (χ4v) is 1.98. The Morgan fingerprint density at radius 2 is 2.15 bits per heavy atom. The molecule has 0 bridgehead atoms. The van der Waals surface area contributed by atoms with Crippen molar-refractivity contribution in [2.45, 2.75) is 44.4 Å². The molecule has 0 amide bonds. The second-order valence-corrected chi connectivity index (χ2v) is 4.74. The van der Waals surface area contributed by atoms with Crippen molar-refractivity contribution in [1.82, 2.24) is 10.2 Å². The van der Waals surface area contributed by atoms with Gasteiger partial charge in [-0.3, -0.25) is 4.90 Å². The smallest absolute Gasteiger partial charge is 0.123 e. The summed E-state index contributed by atoms with van der Waals surface area (Å²) in [4.78, 5) is 2.29. The fourth-order valence-electron chi connectivity index (χ4n) is 1.98. The highest BCUT2D eigenvalue weighted by molar-refractivity contribution is 4.98. The Labute approximate surface area is 79.5 Å². The molecule has 1 aliphatic heterocycles. The summed E-state index contributed by atoms with van der Waals surface area (Å²) in [6.07, 6.45) is 1.55. The first kappa shape index (κ1) is 9.41. The van der Waals surface area contributed by atoms with Crippen molar-refractivity contribution in [3.63, 3.8) is 0 Å². The normalized spacial score (nSPS) is 39.0. The summed E-state index contributed by atoms with van der Waals surface area (Å²) in [5.74, 6) is 0. The van der Waals surface area contributed by atoms with Gasteiger partial charge >= 0.3 is 0 Å². The summed E-state index contributed by atoms with van der Waals surface area (Å²) in [5, 5.41) is 3.40. The van der Waals surface area contributed by atoms with Gasteiger partial charge in [0.1, 0.15) is 5.67 Å². The minimum absolute atomic E-state index is 0.490. The molecule has 1 heterocycles. The zero-order valence-electron chi connectivity index (χ0n) is 8.52. The molecule has 76 valence electrons. The first-order valence-corrected chi connectivity index (χ1v) is 5.25. The van der Waals surface area contributed by atoms with Gasteiger partial charge in [0.05, 0.1) is 0 Å². The van der Waals surface area contributed by atoms with Crippen LogP contribution in [-0.4, -0.2) is 42.3 Å². The van der Waals surface area contributed by atoms with Crippen LogP contribution < -0.4 is 5.32 Å². The Bertz CT molecular complexity index is 191. The molecule has 2 atom stereocenters. The second-order valence-electron chi connectivity index (χ2n) is 4.74. The van der Waals surface area contributed by atoms with Gasteiger partial charge in [-0.2, -0.15) is 0 Å². The SMILES string of the molecule is CC1CN(CC2(F)CC2)C(C)CN1. The van der Waals surface area contributed by atoms with E-state index in [0.717, 1.165) is 25.9 Å². The first-order chi connectivity index (χ1) is 6.09. The van der Waals surface area contributed by atoms with Gasteiger partial charge in [-0.1, -0.05) is 0 Å². The van der Waals surface area contributed by atoms with E-state index in [-0.39, 0.29) is 0 Å². The average molecular weight is 186 g/mol. The molecule has 2 fully saturated rings. The predicted octanol–water partition coefficient (Wildman–Crippen LogP) is 1.17. The third kappa shape index (κ3) is 2.20. The summed E-state index contributed by atoms with van der Waals surface area (Å²) in [5.41, 5.74) is -0.828. The van der Waals surface area contributed by atoms with Crippen molar-refractivity contribution in [1.29, 1.82) is 0 Å². The molecule has 1 aliphatic carbocycles. The van der Waals surface area contributed by atoms with Crippen LogP contribution in [0, 0.1) is 0 Å². The van der Waals surface area contributed by atoms with E-state index in [2.05, 4.69) is 24.1 Å². The van der Waals surface area contributed by atoms with Gasteiger partial charge in [0.2, 0.25) is 0 Å². The predicted molar refractivity (Wildman–Crippen MR) is 51.6 cm³/mol. The topological polar surface area (TPSA) is 15.3 Å². The Hall–Kier alpha value is -0.150. The number of alkyl halides is 1.